The lowest BCUT2D eigenvalue weighted by molar-refractivity contribution is -0.129. The van der Waals surface area contributed by atoms with E-state index in [9.17, 15) is 4.79 Å². The van der Waals surface area contributed by atoms with Crippen LogP contribution >= 0.6 is 11.8 Å². The van der Waals surface area contributed by atoms with Crippen molar-refractivity contribution < 1.29 is 4.79 Å². The molecule has 1 heterocycles. The van der Waals surface area contributed by atoms with Gasteiger partial charge >= 0.3 is 0 Å². The first-order chi connectivity index (χ1) is 11.2. The Bertz CT molecular complexity index is 638. The van der Waals surface area contributed by atoms with Gasteiger partial charge in [-0.25, -0.2) is 0 Å². The highest BCUT2D eigenvalue weighted by Gasteiger charge is 2.28. The second kappa shape index (κ2) is 7.69. The van der Waals surface area contributed by atoms with Crippen LogP contribution in [0.15, 0.2) is 59.5 Å². The maximum atomic E-state index is 12.6. The smallest absolute Gasteiger partial charge is 0.233 e. The summed E-state index contributed by atoms with van der Waals surface area (Å²) in [6, 6.07) is 19.2. The number of carbonyl (C=O) groups is 1. The molecule has 3 rings (SSSR count). The molecule has 2 aromatic carbocycles. The van der Waals surface area contributed by atoms with Crippen molar-refractivity contribution in [2.24, 2.45) is 0 Å². The van der Waals surface area contributed by atoms with Crippen LogP contribution in [0.25, 0.3) is 0 Å². The van der Waals surface area contributed by atoms with Crippen molar-refractivity contribution >= 4 is 17.7 Å². The maximum Gasteiger partial charge on any atom is 0.233 e. The highest BCUT2D eigenvalue weighted by Crippen LogP contribution is 2.24. The normalized spacial score (nSPS) is 17.4. The van der Waals surface area contributed by atoms with Crippen LogP contribution in [0, 0.1) is 6.92 Å². The number of nitrogens with zero attached hydrogens (tertiary/aromatic N) is 1. The number of amides is 1. The second-order valence-electron chi connectivity index (χ2n) is 6.17. The molecular formula is C20H23NOS. The van der Waals surface area contributed by atoms with E-state index in [0.717, 1.165) is 30.7 Å². The number of hydrogen-bond donors (Lipinski definition) is 0. The highest BCUT2D eigenvalue weighted by molar-refractivity contribution is 8.00. The SMILES string of the molecule is Cc1ccc(CC2CCCN2C(=O)CSc2ccccc2)cc1. The van der Waals surface area contributed by atoms with Crippen LogP contribution in [-0.4, -0.2) is 29.1 Å². The third-order valence-corrected chi connectivity index (χ3v) is 5.39. The first-order valence-electron chi connectivity index (χ1n) is 8.25. The Morgan fingerprint density at radius 2 is 1.87 bits per heavy atom. The summed E-state index contributed by atoms with van der Waals surface area (Å²) in [6.07, 6.45) is 3.22. The van der Waals surface area contributed by atoms with Gasteiger partial charge in [0.15, 0.2) is 0 Å². The topological polar surface area (TPSA) is 20.3 Å². The second-order valence-corrected chi connectivity index (χ2v) is 7.22. The Balaban J connectivity index is 1.57. The molecule has 1 fully saturated rings. The summed E-state index contributed by atoms with van der Waals surface area (Å²) < 4.78 is 0. The number of aryl methyl sites for hydroxylation is 1. The first kappa shape index (κ1) is 16.1. The van der Waals surface area contributed by atoms with Crippen LogP contribution in [0.2, 0.25) is 0 Å². The molecule has 1 aliphatic heterocycles. The Morgan fingerprint density at radius 1 is 1.13 bits per heavy atom. The predicted molar refractivity (Wildman–Crippen MR) is 96.8 cm³/mol. The van der Waals surface area contributed by atoms with Gasteiger partial charge in [-0.3, -0.25) is 4.79 Å². The minimum atomic E-state index is 0.272. The largest absolute Gasteiger partial charge is 0.339 e. The summed E-state index contributed by atoms with van der Waals surface area (Å²) >= 11 is 1.63. The Kier molecular flexibility index (Phi) is 5.39. The minimum Gasteiger partial charge on any atom is -0.339 e. The van der Waals surface area contributed by atoms with Crippen LogP contribution in [0.5, 0.6) is 0 Å². The number of rotatable bonds is 5. The molecule has 0 aromatic heterocycles. The molecule has 0 spiro atoms. The van der Waals surface area contributed by atoms with E-state index < -0.39 is 0 Å². The molecular weight excluding hydrogens is 302 g/mol. The van der Waals surface area contributed by atoms with Crippen molar-refractivity contribution in [2.45, 2.75) is 37.1 Å². The average Bonchev–Trinajstić information content (AvgIpc) is 3.04. The average molecular weight is 325 g/mol. The molecule has 120 valence electrons. The predicted octanol–water partition coefficient (Wildman–Crippen LogP) is 4.32. The number of likely N-dealkylation sites (tertiary alicyclic amines) is 1. The van der Waals surface area contributed by atoms with Gasteiger partial charge in [0, 0.05) is 17.5 Å². The zero-order chi connectivity index (χ0) is 16.1. The Hall–Kier alpha value is -1.74. The van der Waals surface area contributed by atoms with Gasteiger partial charge < -0.3 is 4.90 Å². The van der Waals surface area contributed by atoms with Crippen LogP contribution < -0.4 is 0 Å². The van der Waals surface area contributed by atoms with Crippen molar-refractivity contribution in [3.8, 4) is 0 Å². The third kappa shape index (κ3) is 4.38. The number of hydrogen-bond acceptors (Lipinski definition) is 2. The van der Waals surface area contributed by atoms with E-state index in [4.69, 9.17) is 0 Å². The van der Waals surface area contributed by atoms with Gasteiger partial charge in [0.1, 0.15) is 0 Å². The molecule has 3 heteroatoms. The minimum absolute atomic E-state index is 0.272. The molecule has 0 radical (unpaired) electrons. The van der Waals surface area contributed by atoms with E-state index in [1.54, 1.807) is 11.8 Å². The summed E-state index contributed by atoms with van der Waals surface area (Å²) in [4.78, 5) is 15.8. The Labute approximate surface area is 142 Å². The lowest BCUT2D eigenvalue weighted by Crippen LogP contribution is -2.37. The molecule has 0 saturated carbocycles. The van der Waals surface area contributed by atoms with E-state index in [1.807, 2.05) is 18.2 Å². The molecule has 2 nitrogen and oxygen atoms in total. The number of thioether (sulfide) groups is 1. The van der Waals surface area contributed by atoms with Gasteiger partial charge in [-0.2, -0.15) is 0 Å². The monoisotopic (exact) mass is 325 g/mol. The fourth-order valence-electron chi connectivity index (χ4n) is 3.12. The number of benzene rings is 2. The standard InChI is InChI=1S/C20H23NOS/c1-16-9-11-17(12-10-16)14-18-6-5-13-21(18)20(22)15-23-19-7-3-2-4-8-19/h2-4,7-12,18H,5-6,13-15H2,1H3. The van der Waals surface area contributed by atoms with Crippen molar-refractivity contribution in [3.63, 3.8) is 0 Å². The van der Waals surface area contributed by atoms with Crippen LogP contribution in [-0.2, 0) is 11.2 Å². The van der Waals surface area contributed by atoms with Gasteiger partial charge in [-0.1, -0.05) is 48.0 Å². The maximum absolute atomic E-state index is 12.6. The van der Waals surface area contributed by atoms with Gasteiger partial charge in [-0.05, 0) is 43.9 Å². The van der Waals surface area contributed by atoms with E-state index in [0.29, 0.717) is 11.8 Å². The van der Waals surface area contributed by atoms with Crippen molar-refractivity contribution in [3.05, 3.63) is 65.7 Å². The van der Waals surface area contributed by atoms with Crippen molar-refractivity contribution in [1.82, 2.24) is 4.90 Å². The molecule has 1 unspecified atom stereocenters. The molecule has 0 aliphatic carbocycles. The molecule has 1 saturated heterocycles. The summed E-state index contributed by atoms with van der Waals surface area (Å²) in [5.74, 6) is 0.808. The lowest BCUT2D eigenvalue weighted by Gasteiger charge is -2.25. The summed E-state index contributed by atoms with van der Waals surface area (Å²) in [5, 5.41) is 0. The van der Waals surface area contributed by atoms with Crippen LogP contribution in [0.4, 0.5) is 0 Å². The van der Waals surface area contributed by atoms with E-state index in [1.165, 1.54) is 11.1 Å². The molecule has 23 heavy (non-hydrogen) atoms. The third-order valence-electron chi connectivity index (χ3n) is 4.39. The van der Waals surface area contributed by atoms with Crippen LogP contribution in [0.3, 0.4) is 0 Å². The van der Waals surface area contributed by atoms with Crippen LogP contribution in [0.1, 0.15) is 24.0 Å². The fourth-order valence-corrected chi connectivity index (χ4v) is 3.92. The highest BCUT2D eigenvalue weighted by atomic mass is 32.2. The molecule has 1 amide bonds. The first-order valence-corrected chi connectivity index (χ1v) is 9.24. The molecule has 2 aromatic rings. The van der Waals surface area contributed by atoms with Gasteiger partial charge in [0.25, 0.3) is 0 Å². The quantitative estimate of drug-likeness (QED) is 0.763. The molecule has 0 bridgehead atoms. The Morgan fingerprint density at radius 3 is 2.61 bits per heavy atom. The zero-order valence-corrected chi connectivity index (χ0v) is 14.4. The molecule has 1 aliphatic rings. The van der Waals surface area contributed by atoms with Gasteiger partial charge in [-0.15, -0.1) is 11.8 Å². The van der Waals surface area contributed by atoms with Crippen molar-refractivity contribution in [2.75, 3.05) is 12.3 Å². The summed E-state index contributed by atoms with van der Waals surface area (Å²) in [5.41, 5.74) is 2.61. The fraction of sp³-hybridized carbons (Fsp3) is 0.350. The van der Waals surface area contributed by atoms with E-state index >= 15 is 0 Å². The van der Waals surface area contributed by atoms with E-state index in [-0.39, 0.29) is 5.91 Å². The van der Waals surface area contributed by atoms with Crippen molar-refractivity contribution in [1.29, 1.82) is 0 Å². The summed E-state index contributed by atoms with van der Waals surface area (Å²) in [6.45, 7) is 3.01. The lowest BCUT2D eigenvalue weighted by atomic mass is 10.0. The number of carbonyl (C=O) groups excluding carboxylic acids is 1. The summed E-state index contributed by atoms with van der Waals surface area (Å²) in [7, 11) is 0. The van der Waals surface area contributed by atoms with Gasteiger partial charge in [0.05, 0.1) is 5.75 Å². The molecule has 1 atom stereocenters. The van der Waals surface area contributed by atoms with Gasteiger partial charge in [0.2, 0.25) is 5.91 Å². The molecule has 0 N–H and O–H groups in total. The zero-order valence-electron chi connectivity index (χ0n) is 13.6. The van der Waals surface area contributed by atoms with E-state index in [2.05, 4.69) is 48.2 Å².